The first-order valence-corrected chi connectivity index (χ1v) is 13.1. The number of nitrogens with zero attached hydrogens (tertiary/aromatic N) is 9. The number of amides is 1. The van der Waals surface area contributed by atoms with Gasteiger partial charge in [0.05, 0.1) is 47.0 Å². The Hall–Kier alpha value is -4.90. The molecule has 0 spiro atoms. The first-order valence-electron chi connectivity index (χ1n) is 13.1. The van der Waals surface area contributed by atoms with Crippen molar-refractivity contribution in [2.24, 2.45) is 12.5 Å². The van der Waals surface area contributed by atoms with Gasteiger partial charge in [0.1, 0.15) is 17.5 Å². The van der Waals surface area contributed by atoms with Gasteiger partial charge >= 0.3 is 6.09 Å². The van der Waals surface area contributed by atoms with Gasteiger partial charge in [0, 0.05) is 61.0 Å². The number of likely N-dealkylation sites (tertiary alicyclic amines) is 1. The molecular formula is C29H29N9O2. The number of hydrogen-bond acceptors (Lipinski definition) is 8. The lowest BCUT2D eigenvalue weighted by atomic mass is 9.78. The number of nitriles is 2. The maximum Gasteiger partial charge on any atom is 0.410 e. The fourth-order valence-corrected chi connectivity index (χ4v) is 5.81. The van der Waals surface area contributed by atoms with Crippen molar-refractivity contribution in [3.05, 3.63) is 54.7 Å². The van der Waals surface area contributed by atoms with Crippen molar-refractivity contribution in [2.75, 3.05) is 18.0 Å². The summed E-state index contributed by atoms with van der Waals surface area (Å²) in [4.78, 5) is 21.4. The average Bonchev–Trinajstić information content (AvgIpc) is 3.57. The molecule has 2 aliphatic rings. The van der Waals surface area contributed by atoms with Crippen LogP contribution in [0.5, 0.6) is 0 Å². The minimum Gasteiger partial charge on any atom is -0.444 e. The number of carbonyl (C=O) groups is 1. The summed E-state index contributed by atoms with van der Waals surface area (Å²) in [5.74, 6) is 0.728. The van der Waals surface area contributed by atoms with Gasteiger partial charge in [-0.1, -0.05) is 0 Å². The van der Waals surface area contributed by atoms with E-state index in [1.54, 1.807) is 32.7 Å². The number of aryl methyl sites for hydroxylation is 1. The molecule has 4 aromatic heterocycles. The summed E-state index contributed by atoms with van der Waals surface area (Å²) in [7, 11) is 1.86. The third kappa shape index (κ3) is 4.02. The van der Waals surface area contributed by atoms with Crippen molar-refractivity contribution in [1.29, 1.82) is 10.5 Å². The molecule has 202 valence electrons. The van der Waals surface area contributed by atoms with Crippen LogP contribution in [-0.2, 0) is 11.8 Å². The Morgan fingerprint density at radius 1 is 1.10 bits per heavy atom. The molecule has 6 heterocycles. The van der Waals surface area contributed by atoms with Gasteiger partial charge in [-0.05, 0) is 45.9 Å². The van der Waals surface area contributed by atoms with E-state index in [2.05, 4.69) is 27.2 Å². The van der Waals surface area contributed by atoms with E-state index in [-0.39, 0.29) is 12.1 Å². The van der Waals surface area contributed by atoms with Crippen LogP contribution in [0.3, 0.4) is 0 Å². The minimum absolute atomic E-state index is 0.123. The van der Waals surface area contributed by atoms with Crippen molar-refractivity contribution >= 4 is 17.4 Å². The Morgan fingerprint density at radius 2 is 1.90 bits per heavy atom. The molecule has 4 aromatic rings. The number of anilines is 1. The molecule has 0 saturated carbocycles. The molecule has 11 nitrogen and oxygen atoms in total. The predicted molar refractivity (Wildman–Crippen MR) is 147 cm³/mol. The minimum atomic E-state index is -0.760. The molecule has 0 radical (unpaired) electrons. The third-order valence-electron chi connectivity index (χ3n) is 7.64. The van der Waals surface area contributed by atoms with E-state index in [0.29, 0.717) is 24.2 Å². The van der Waals surface area contributed by atoms with Gasteiger partial charge in [-0.15, -0.1) is 0 Å². The molecule has 11 heteroatoms. The van der Waals surface area contributed by atoms with Gasteiger partial charge in [-0.2, -0.15) is 20.7 Å². The number of hydrogen-bond donors (Lipinski definition) is 0. The topological polar surface area (TPSA) is 128 Å². The number of aromatic nitrogens is 5. The molecule has 0 aromatic carbocycles. The number of pyridine rings is 2. The number of rotatable bonds is 3. The molecule has 1 unspecified atom stereocenters. The van der Waals surface area contributed by atoms with Crippen molar-refractivity contribution in [3.8, 4) is 34.4 Å². The van der Waals surface area contributed by atoms with Gasteiger partial charge in [0.15, 0.2) is 0 Å². The highest BCUT2D eigenvalue weighted by molar-refractivity contribution is 5.87. The standard InChI is InChI=1S/C29H29N9O2/c1-28(2,3)40-27(39)37-17-29(4,16-31)26-23(37)15-36(26)24-7-6-18(10-32-24)22-8-19(21-12-33-35(5)13-21)14-38-25(22)20(9-30)11-34-38/h6-8,10-14,23,26H,15,17H2,1-5H3/t23-,26+,29?/m0/s1. The summed E-state index contributed by atoms with van der Waals surface area (Å²) in [5.41, 5.74) is 3.31. The molecule has 6 rings (SSSR count). The molecule has 40 heavy (non-hydrogen) atoms. The summed E-state index contributed by atoms with van der Waals surface area (Å²) in [6, 6.07) is 10.3. The summed E-state index contributed by atoms with van der Waals surface area (Å²) in [6.45, 7) is 8.27. The van der Waals surface area contributed by atoms with Crippen molar-refractivity contribution in [2.45, 2.75) is 45.4 Å². The van der Waals surface area contributed by atoms with Gasteiger partial charge in [0.25, 0.3) is 0 Å². The fourth-order valence-electron chi connectivity index (χ4n) is 5.81. The molecule has 2 saturated heterocycles. The second kappa shape index (κ2) is 8.82. The zero-order valence-corrected chi connectivity index (χ0v) is 23.0. The van der Waals surface area contributed by atoms with Gasteiger partial charge in [-0.25, -0.2) is 14.3 Å². The molecular weight excluding hydrogens is 506 g/mol. The highest BCUT2D eigenvalue weighted by Crippen LogP contribution is 2.46. The average molecular weight is 536 g/mol. The summed E-state index contributed by atoms with van der Waals surface area (Å²) < 4.78 is 9.07. The van der Waals surface area contributed by atoms with Crippen LogP contribution >= 0.6 is 0 Å². The van der Waals surface area contributed by atoms with Crippen LogP contribution in [-0.4, -0.2) is 66.1 Å². The zero-order valence-electron chi connectivity index (χ0n) is 23.0. The van der Waals surface area contributed by atoms with Crippen LogP contribution < -0.4 is 4.90 Å². The van der Waals surface area contributed by atoms with E-state index in [1.807, 2.05) is 65.3 Å². The van der Waals surface area contributed by atoms with Crippen LogP contribution in [0.1, 0.15) is 33.3 Å². The summed E-state index contributed by atoms with van der Waals surface area (Å²) in [5, 5.41) is 28.5. The van der Waals surface area contributed by atoms with Crippen LogP contribution in [0.2, 0.25) is 0 Å². The van der Waals surface area contributed by atoms with Crippen molar-refractivity contribution in [1.82, 2.24) is 29.3 Å². The van der Waals surface area contributed by atoms with Crippen molar-refractivity contribution < 1.29 is 9.53 Å². The Morgan fingerprint density at radius 3 is 2.52 bits per heavy atom. The summed E-state index contributed by atoms with van der Waals surface area (Å²) >= 11 is 0. The van der Waals surface area contributed by atoms with Crippen LogP contribution in [0.25, 0.3) is 27.8 Å². The summed E-state index contributed by atoms with van der Waals surface area (Å²) in [6.07, 6.45) is 8.55. The zero-order chi connectivity index (χ0) is 28.4. The van der Waals surface area contributed by atoms with E-state index >= 15 is 0 Å². The number of carbonyl (C=O) groups excluding carboxylic acids is 1. The van der Waals surface area contributed by atoms with Crippen LogP contribution in [0, 0.1) is 28.1 Å². The van der Waals surface area contributed by atoms with Crippen molar-refractivity contribution in [3.63, 3.8) is 0 Å². The first-order chi connectivity index (χ1) is 19.0. The predicted octanol–water partition coefficient (Wildman–Crippen LogP) is 4.01. The molecule has 2 aliphatic heterocycles. The van der Waals surface area contributed by atoms with Gasteiger partial charge in [0.2, 0.25) is 0 Å². The van der Waals surface area contributed by atoms with Gasteiger partial charge in [-0.3, -0.25) is 9.58 Å². The van der Waals surface area contributed by atoms with E-state index in [4.69, 9.17) is 9.72 Å². The molecule has 0 aliphatic carbocycles. The van der Waals surface area contributed by atoms with E-state index < -0.39 is 17.1 Å². The third-order valence-corrected chi connectivity index (χ3v) is 7.64. The molecule has 0 bridgehead atoms. The fraction of sp³-hybridized carbons (Fsp3) is 0.379. The number of ether oxygens (including phenoxy) is 1. The SMILES string of the molecule is Cn1cc(-c2cc(-c3ccc(N4C[C@H]5[C@@H]4C(C)(C#N)CN5C(=O)OC(C)(C)C)nc3)c3c(C#N)cnn3c2)cn1. The Bertz CT molecular complexity index is 1720. The normalized spacial score (nSPS) is 22.0. The highest BCUT2D eigenvalue weighted by atomic mass is 16.6. The van der Waals surface area contributed by atoms with E-state index in [0.717, 1.165) is 28.1 Å². The first kappa shape index (κ1) is 25.4. The smallest absolute Gasteiger partial charge is 0.410 e. The molecule has 3 atom stereocenters. The van der Waals surface area contributed by atoms with Gasteiger partial charge < -0.3 is 9.64 Å². The second-order valence-corrected chi connectivity index (χ2v) is 11.7. The van der Waals surface area contributed by atoms with Crippen LogP contribution in [0.15, 0.2) is 49.2 Å². The van der Waals surface area contributed by atoms with Crippen LogP contribution in [0.4, 0.5) is 10.6 Å². The second-order valence-electron chi connectivity index (χ2n) is 11.7. The quantitative estimate of drug-likeness (QED) is 0.385. The maximum atomic E-state index is 12.9. The largest absolute Gasteiger partial charge is 0.444 e. The van der Waals surface area contributed by atoms with E-state index in [9.17, 15) is 15.3 Å². The molecule has 0 N–H and O–H groups in total. The lowest BCUT2D eigenvalue weighted by molar-refractivity contribution is 0.0191. The molecule has 1 amide bonds. The lowest BCUT2D eigenvalue weighted by Crippen LogP contribution is -2.66. The Labute approximate surface area is 231 Å². The molecule has 2 fully saturated rings. The van der Waals surface area contributed by atoms with E-state index in [1.165, 1.54) is 0 Å². The Balaban J connectivity index is 1.33. The maximum absolute atomic E-state index is 12.9. The monoisotopic (exact) mass is 535 g/mol. The number of fused-ring (bicyclic) bond motifs is 2. The highest BCUT2D eigenvalue weighted by Gasteiger charge is 2.61. The Kier molecular flexibility index (Phi) is 5.59. The lowest BCUT2D eigenvalue weighted by Gasteiger charge is -2.49.